The number of anilines is 2. The van der Waals surface area contributed by atoms with E-state index < -0.39 is 9.85 Å². The van der Waals surface area contributed by atoms with Gasteiger partial charge in [0.25, 0.3) is 11.1 Å². The van der Waals surface area contributed by atoms with E-state index in [1.807, 2.05) is 0 Å². The quantitative estimate of drug-likeness (QED) is 0.132. The molecule has 16 nitrogen and oxygen atoms in total. The Labute approximate surface area is 306 Å². The van der Waals surface area contributed by atoms with Crippen LogP contribution in [-0.4, -0.2) is 53.0 Å². The summed E-state index contributed by atoms with van der Waals surface area (Å²) in [6.07, 6.45) is 16.4. The Morgan fingerprint density at radius 3 is 1.58 bits per heavy atom. The second-order valence-corrected chi connectivity index (χ2v) is 14.9. The molecule has 0 bridgehead atoms. The van der Waals surface area contributed by atoms with Crippen molar-refractivity contribution >= 4 is 86.3 Å². The SMILES string of the molecule is C.C.CN(C)c1c([N+](=O)[O-])cnc2sc3c(=O)n(C4CCCCC4)cnc3c12.Nc1c([N+](=O)[O-])cnc2sc3c(=O)n(C4CCCCC4)cnc3c12. The van der Waals surface area contributed by atoms with Gasteiger partial charge in [0.05, 0.1) is 33.3 Å². The van der Waals surface area contributed by atoms with Gasteiger partial charge < -0.3 is 10.6 Å². The maximum absolute atomic E-state index is 13.1. The molecule has 8 rings (SSSR count). The molecule has 2 saturated carbocycles. The maximum atomic E-state index is 13.1. The average Bonchev–Trinajstić information content (AvgIpc) is 3.69. The third-order valence-corrected chi connectivity index (χ3v) is 11.8. The monoisotopic (exact) mass is 750 g/mol. The molecule has 0 saturated heterocycles. The fourth-order valence-electron chi connectivity index (χ4n) is 7.17. The standard InChI is InChI=1S/C17H19N5O3S.C15H15N5O3S.2CH4/c1-20(2)14-11(22(24)25)8-18-16-12(14)13-15(26-16)17(23)21(9-19-13)10-6-4-3-5-7-10;16-11-9(20(22)23)6-17-14-10(11)12-13(24-14)15(21)19(7-18-12)8-4-2-1-3-5-8;;/h8-10H,3-7H2,1-2H3;6-8H,1-5H2,(H2,16,17);2*1H4. The Kier molecular flexibility index (Phi) is 11.2. The fourth-order valence-corrected chi connectivity index (χ4v) is 9.26. The van der Waals surface area contributed by atoms with Gasteiger partial charge >= 0.3 is 11.4 Å². The van der Waals surface area contributed by atoms with Crippen LogP contribution in [0.1, 0.15) is 91.1 Å². The first kappa shape index (κ1) is 38.1. The summed E-state index contributed by atoms with van der Waals surface area (Å²) < 4.78 is 4.41. The molecule has 276 valence electrons. The van der Waals surface area contributed by atoms with Crippen LogP contribution in [-0.2, 0) is 0 Å². The second-order valence-electron chi connectivity index (χ2n) is 12.9. The molecular weight excluding hydrogens is 709 g/mol. The normalized spacial score (nSPS) is 15.2. The summed E-state index contributed by atoms with van der Waals surface area (Å²) in [5, 5.41) is 23.4. The number of hydrogen-bond donors (Lipinski definition) is 1. The third-order valence-electron chi connectivity index (χ3n) is 9.62. The highest BCUT2D eigenvalue weighted by Crippen LogP contribution is 2.41. The summed E-state index contributed by atoms with van der Waals surface area (Å²) in [4.78, 5) is 67.4. The van der Waals surface area contributed by atoms with Crippen LogP contribution in [0.2, 0.25) is 0 Å². The van der Waals surface area contributed by atoms with Crippen molar-refractivity contribution in [2.45, 2.75) is 91.1 Å². The minimum absolute atomic E-state index is 0. The molecule has 0 radical (unpaired) electrons. The van der Waals surface area contributed by atoms with E-state index in [1.54, 1.807) is 40.8 Å². The molecule has 0 aliphatic heterocycles. The predicted molar refractivity (Wildman–Crippen MR) is 208 cm³/mol. The summed E-state index contributed by atoms with van der Waals surface area (Å²) in [6.45, 7) is 0. The largest absolute Gasteiger partial charge is 0.392 e. The first-order valence-electron chi connectivity index (χ1n) is 16.4. The Bertz CT molecular complexity index is 2420. The van der Waals surface area contributed by atoms with Gasteiger partial charge in [-0.15, -0.1) is 22.7 Å². The number of rotatable bonds is 5. The molecule has 18 heteroatoms. The van der Waals surface area contributed by atoms with Crippen LogP contribution < -0.4 is 21.8 Å². The molecule has 2 aliphatic carbocycles. The molecule has 6 heterocycles. The van der Waals surface area contributed by atoms with Crippen molar-refractivity contribution in [3.8, 4) is 0 Å². The van der Waals surface area contributed by atoms with Crippen molar-refractivity contribution in [1.29, 1.82) is 0 Å². The van der Waals surface area contributed by atoms with Crippen LogP contribution in [0.5, 0.6) is 0 Å². The average molecular weight is 751 g/mol. The van der Waals surface area contributed by atoms with Crippen LogP contribution in [0.3, 0.4) is 0 Å². The summed E-state index contributed by atoms with van der Waals surface area (Å²) in [5.41, 5.74) is 6.76. The third kappa shape index (κ3) is 6.55. The van der Waals surface area contributed by atoms with Gasteiger partial charge in [-0.2, -0.15) is 0 Å². The highest BCUT2D eigenvalue weighted by atomic mass is 32.1. The van der Waals surface area contributed by atoms with E-state index in [4.69, 9.17) is 5.73 Å². The molecular formula is C34H42N10O6S2. The molecule has 2 N–H and O–H groups in total. The number of thiophene rings is 2. The molecule has 0 spiro atoms. The van der Waals surface area contributed by atoms with Crippen LogP contribution in [0, 0.1) is 20.2 Å². The lowest BCUT2D eigenvalue weighted by Crippen LogP contribution is -2.26. The van der Waals surface area contributed by atoms with Gasteiger partial charge in [0.2, 0.25) is 0 Å². The maximum Gasteiger partial charge on any atom is 0.311 e. The van der Waals surface area contributed by atoms with E-state index in [9.17, 15) is 29.8 Å². The minimum Gasteiger partial charge on any atom is -0.392 e. The Morgan fingerprint density at radius 1 is 0.712 bits per heavy atom. The van der Waals surface area contributed by atoms with Crippen LogP contribution in [0.4, 0.5) is 22.7 Å². The molecule has 6 aromatic heterocycles. The van der Waals surface area contributed by atoms with Gasteiger partial charge in [-0.1, -0.05) is 53.4 Å². The van der Waals surface area contributed by atoms with E-state index in [0.717, 1.165) is 57.6 Å². The van der Waals surface area contributed by atoms with Crippen molar-refractivity contribution in [3.63, 3.8) is 0 Å². The Morgan fingerprint density at radius 2 is 1.13 bits per heavy atom. The number of hydrogen-bond acceptors (Lipinski definition) is 14. The van der Waals surface area contributed by atoms with Crippen molar-refractivity contribution < 1.29 is 9.85 Å². The van der Waals surface area contributed by atoms with Gasteiger partial charge in [0.1, 0.15) is 53.9 Å². The lowest BCUT2D eigenvalue weighted by Gasteiger charge is -2.23. The number of nitro groups is 2. The van der Waals surface area contributed by atoms with Crippen LogP contribution >= 0.6 is 22.7 Å². The van der Waals surface area contributed by atoms with Crippen molar-refractivity contribution in [2.24, 2.45) is 0 Å². The van der Waals surface area contributed by atoms with Gasteiger partial charge in [-0.25, -0.2) is 19.9 Å². The highest BCUT2D eigenvalue weighted by molar-refractivity contribution is 7.25. The first-order chi connectivity index (χ1) is 24.1. The number of nitrogen functional groups attached to an aromatic ring is 1. The van der Waals surface area contributed by atoms with Gasteiger partial charge in [0, 0.05) is 26.2 Å². The molecule has 0 amide bonds. The van der Waals surface area contributed by atoms with Gasteiger partial charge in [-0.3, -0.25) is 39.0 Å². The zero-order chi connectivity index (χ0) is 35.3. The molecule has 6 aromatic rings. The first-order valence-corrected chi connectivity index (χ1v) is 18.1. The molecule has 52 heavy (non-hydrogen) atoms. The van der Waals surface area contributed by atoms with E-state index >= 15 is 0 Å². The molecule has 0 atom stereocenters. The molecule has 0 unspecified atom stereocenters. The van der Waals surface area contributed by atoms with E-state index in [-0.39, 0.29) is 55.1 Å². The summed E-state index contributed by atoms with van der Waals surface area (Å²) in [5.74, 6) is 0. The van der Waals surface area contributed by atoms with Crippen molar-refractivity contribution in [3.05, 3.63) is 66.0 Å². The number of nitrogens with two attached hydrogens (primary N) is 1. The van der Waals surface area contributed by atoms with Crippen molar-refractivity contribution in [2.75, 3.05) is 24.7 Å². The van der Waals surface area contributed by atoms with E-state index in [2.05, 4.69) is 19.9 Å². The fraction of sp³-hybridized carbons (Fsp3) is 0.471. The molecule has 2 aliphatic rings. The van der Waals surface area contributed by atoms with Gasteiger partial charge in [0.15, 0.2) is 0 Å². The van der Waals surface area contributed by atoms with E-state index in [1.165, 1.54) is 41.7 Å². The predicted octanol–water partition coefficient (Wildman–Crippen LogP) is 7.76. The van der Waals surface area contributed by atoms with Crippen LogP contribution in [0.25, 0.3) is 40.9 Å². The highest BCUT2D eigenvalue weighted by Gasteiger charge is 2.27. The lowest BCUT2D eigenvalue weighted by atomic mass is 9.95. The lowest BCUT2D eigenvalue weighted by molar-refractivity contribution is -0.384. The Balaban J connectivity index is 0.000000194. The second kappa shape index (κ2) is 15.2. The smallest absolute Gasteiger partial charge is 0.311 e. The molecule has 2 fully saturated rings. The van der Waals surface area contributed by atoms with Crippen LogP contribution in [0.15, 0.2) is 34.6 Å². The summed E-state index contributed by atoms with van der Waals surface area (Å²) in [6, 6.07) is 0.363. The zero-order valence-corrected chi connectivity index (χ0v) is 29.0. The zero-order valence-electron chi connectivity index (χ0n) is 27.4. The number of fused-ring (bicyclic) bond motifs is 6. The Hall–Kier alpha value is -5.10. The summed E-state index contributed by atoms with van der Waals surface area (Å²) in [7, 11) is 3.49. The number of aromatic nitrogens is 6. The number of pyridine rings is 2. The topological polar surface area (TPSA) is 211 Å². The van der Waals surface area contributed by atoms with E-state index in [0.29, 0.717) is 46.6 Å². The van der Waals surface area contributed by atoms with Crippen molar-refractivity contribution in [1.82, 2.24) is 29.1 Å². The summed E-state index contributed by atoms with van der Waals surface area (Å²) >= 11 is 2.45. The molecule has 0 aromatic carbocycles. The minimum atomic E-state index is -0.575. The van der Waals surface area contributed by atoms with Gasteiger partial charge in [-0.05, 0) is 25.7 Å². The number of nitrogens with zero attached hydrogens (tertiary/aromatic N) is 9.